The molecule has 1 heterocycles. The zero-order valence-corrected chi connectivity index (χ0v) is 15.3. The molecule has 1 amide bonds. The van der Waals surface area contributed by atoms with Gasteiger partial charge in [0.25, 0.3) is 5.91 Å². The van der Waals surface area contributed by atoms with Crippen molar-refractivity contribution >= 4 is 18.1 Å². The Hall–Kier alpha value is -3.87. The molecule has 0 atom stereocenters. The molecule has 2 N–H and O–H groups in total. The zero-order valence-electron chi connectivity index (χ0n) is 15.3. The van der Waals surface area contributed by atoms with Crippen LogP contribution in [0.25, 0.3) is 11.3 Å². The standard InChI is InChI=1S/C21H18N2O5/c1-13-3-9-17(19(11-13)27-2)20(24)23-22-12-16-8-10-18(28-16)14-4-6-15(7-5-14)21(25)26/h3-12H,1-2H3,(H,23,24)(H,25,26)/b22-12-. The van der Waals surface area contributed by atoms with Crippen molar-refractivity contribution in [1.29, 1.82) is 0 Å². The molecule has 2 aromatic carbocycles. The minimum Gasteiger partial charge on any atom is -0.496 e. The maximum atomic E-state index is 12.3. The SMILES string of the molecule is COc1cc(C)ccc1C(=O)N/N=C\c1ccc(-c2ccc(C(=O)O)cc2)o1. The molecule has 0 aliphatic carbocycles. The number of hydrogen-bond donors (Lipinski definition) is 2. The number of ether oxygens (including phenoxy) is 1. The maximum absolute atomic E-state index is 12.3. The number of hydrazone groups is 1. The number of carbonyl (C=O) groups excluding carboxylic acids is 1. The number of methoxy groups -OCH3 is 1. The fraction of sp³-hybridized carbons (Fsp3) is 0.0952. The van der Waals surface area contributed by atoms with E-state index in [2.05, 4.69) is 10.5 Å². The van der Waals surface area contributed by atoms with Crippen molar-refractivity contribution < 1.29 is 23.8 Å². The van der Waals surface area contributed by atoms with Crippen molar-refractivity contribution in [1.82, 2.24) is 5.43 Å². The summed E-state index contributed by atoms with van der Waals surface area (Å²) in [5.74, 6) is 0.0834. The minimum atomic E-state index is -0.986. The maximum Gasteiger partial charge on any atom is 0.335 e. The first-order valence-corrected chi connectivity index (χ1v) is 8.39. The van der Waals surface area contributed by atoms with Crippen molar-refractivity contribution in [2.45, 2.75) is 6.92 Å². The lowest BCUT2D eigenvalue weighted by molar-refractivity contribution is 0.0696. The van der Waals surface area contributed by atoms with Gasteiger partial charge < -0.3 is 14.3 Å². The normalized spacial score (nSPS) is 10.8. The van der Waals surface area contributed by atoms with E-state index in [0.29, 0.717) is 22.8 Å². The lowest BCUT2D eigenvalue weighted by Crippen LogP contribution is -2.18. The Labute approximate surface area is 161 Å². The third-order valence-electron chi connectivity index (χ3n) is 4.00. The van der Waals surface area contributed by atoms with E-state index in [1.807, 2.05) is 13.0 Å². The Kier molecular flexibility index (Phi) is 5.55. The molecule has 7 nitrogen and oxygen atoms in total. The Bertz CT molecular complexity index is 1040. The Morgan fingerprint density at radius 3 is 2.54 bits per heavy atom. The van der Waals surface area contributed by atoms with Gasteiger partial charge in [0.15, 0.2) is 0 Å². The van der Waals surface area contributed by atoms with Crippen LogP contribution in [0.1, 0.15) is 32.0 Å². The highest BCUT2D eigenvalue weighted by molar-refractivity contribution is 5.97. The second-order valence-electron chi connectivity index (χ2n) is 5.99. The van der Waals surface area contributed by atoms with Gasteiger partial charge in [-0.1, -0.05) is 18.2 Å². The van der Waals surface area contributed by atoms with Gasteiger partial charge >= 0.3 is 5.97 Å². The fourth-order valence-electron chi connectivity index (χ4n) is 2.56. The van der Waals surface area contributed by atoms with E-state index >= 15 is 0 Å². The Morgan fingerprint density at radius 2 is 1.86 bits per heavy atom. The van der Waals surface area contributed by atoms with Gasteiger partial charge in [0.1, 0.15) is 17.3 Å². The fourth-order valence-corrected chi connectivity index (χ4v) is 2.56. The third kappa shape index (κ3) is 4.27. The van der Waals surface area contributed by atoms with E-state index < -0.39 is 11.9 Å². The second-order valence-corrected chi connectivity index (χ2v) is 5.99. The molecule has 28 heavy (non-hydrogen) atoms. The molecular formula is C21H18N2O5. The molecule has 7 heteroatoms. The molecule has 3 rings (SSSR count). The molecule has 0 spiro atoms. The van der Waals surface area contributed by atoms with E-state index in [9.17, 15) is 9.59 Å². The average Bonchev–Trinajstić information content (AvgIpc) is 3.16. The summed E-state index contributed by atoms with van der Waals surface area (Å²) in [5.41, 5.74) is 4.73. The van der Waals surface area contributed by atoms with Crippen molar-refractivity contribution in [2.75, 3.05) is 7.11 Å². The highest BCUT2D eigenvalue weighted by Gasteiger charge is 2.11. The van der Waals surface area contributed by atoms with Gasteiger partial charge in [0.2, 0.25) is 0 Å². The number of benzene rings is 2. The summed E-state index contributed by atoms with van der Waals surface area (Å²) in [5, 5.41) is 12.8. The van der Waals surface area contributed by atoms with Crippen LogP contribution in [0.4, 0.5) is 0 Å². The van der Waals surface area contributed by atoms with Crippen molar-refractivity contribution in [3.63, 3.8) is 0 Å². The predicted molar refractivity (Wildman–Crippen MR) is 104 cm³/mol. The van der Waals surface area contributed by atoms with E-state index in [-0.39, 0.29) is 5.56 Å². The van der Waals surface area contributed by atoms with Crippen LogP contribution in [0, 0.1) is 6.92 Å². The zero-order chi connectivity index (χ0) is 20.1. The minimum absolute atomic E-state index is 0.200. The number of carboxylic acids is 1. The molecule has 0 bridgehead atoms. The molecule has 142 valence electrons. The Balaban J connectivity index is 1.67. The molecule has 0 saturated carbocycles. The van der Waals surface area contributed by atoms with Gasteiger partial charge in [-0.15, -0.1) is 0 Å². The van der Waals surface area contributed by atoms with Crippen molar-refractivity contribution in [3.05, 3.63) is 77.0 Å². The Morgan fingerprint density at radius 1 is 1.11 bits per heavy atom. The lowest BCUT2D eigenvalue weighted by Gasteiger charge is -2.07. The van der Waals surface area contributed by atoms with Crippen molar-refractivity contribution in [3.8, 4) is 17.1 Å². The summed E-state index contributed by atoms with van der Waals surface area (Å²) in [4.78, 5) is 23.2. The van der Waals surface area contributed by atoms with E-state index in [1.54, 1.807) is 36.4 Å². The number of hydrogen-bond acceptors (Lipinski definition) is 5. The number of amides is 1. The van der Waals surface area contributed by atoms with Gasteiger partial charge in [-0.3, -0.25) is 4.79 Å². The summed E-state index contributed by atoms with van der Waals surface area (Å²) in [6.07, 6.45) is 1.38. The van der Waals surface area contributed by atoms with Gasteiger partial charge in [-0.05, 0) is 48.9 Å². The predicted octanol–water partition coefficient (Wildman–Crippen LogP) is 3.73. The number of nitrogens with one attached hydrogen (secondary N) is 1. The highest BCUT2D eigenvalue weighted by atomic mass is 16.5. The summed E-state index contributed by atoms with van der Waals surface area (Å²) in [6, 6.07) is 15.0. The highest BCUT2D eigenvalue weighted by Crippen LogP contribution is 2.22. The number of furan rings is 1. The first-order valence-electron chi connectivity index (χ1n) is 8.39. The van der Waals surface area contributed by atoms with Crippen LogP contribution in [0.2, 0.25) is 0 Å². The number of aromatic carboxylic acids is 1. The van der Waals surface area contributed by atoms with E-state index in [1.165, 1.54) is 25.5 Å². The van der Waals surface area contributed by atoms with Gasteiger partial charge in [-0.25, -0.2) is 10.2 Å². The molecule has 0 radical (unpaired) electrons. The van der Waals surface area contributed by atoms with Crippen LogP contribution in [-0.2, 0) is 0 Å². The van der Waals surface area contributed by atoms with Gasteiger partial charge in [-0.2, -0.15) is 5.10 Å². The smallest absolute Gasteiger partial charge is 0.335 e. The molecule has 0 unspecified atom stereocenters. The summed E-state index contributed by atoms with van der Waals surface area (Å²) < 4.78 is 10.9. The topological polar surface area (TPSA) is 101 Å². The number of rotatable bonds is 6. The summed E-state index contributed by atoms with van der Waals surface area (Å²) >= 11 is 0. The van der Waals surface area contributed by atoms with E-state index in [0.717, 1.165) is 11.1 Å². The van der Waals surface area contributed by atoms with Crippen molar-refractivity contribution in [2.24, 2.45) is 5.10 Å². The summed E-state index contributed by atoms with van der Waals surface area (Å²) in [6.45, 7) is 1.91. The molecular weight excluding hydrogens is 360 g/mol. The first-order chi connectivity index (χ1) is 13.5. The van der Waals surface area contributed by atoms with E-state index in [4.69, 9.17) is 14.3 Å². The average molecular weight is 378 g/mol. The first kappa shape index (κ1) is 18.9. The van der Waals surface area contributed by atoms with Crippen LogP contribution in [0.5, 0.6) is 5.75 Å². The van der Waals surface area contributed by atoms with Crippen LogP contribution in [0.3, 0.4) is 0 Å². The number of carbonyl (C=O) groups is 2. The summed E-state index contributed by atoms with van der Waals surface area (Å²) in [7, 11) is 1.50. The molecule has 0 aliphatic rings. The number of carboxylic acid groups (broad SMARTS) is 1. The van der Waals surface area contributed by atoms with Gasteiger partial charge in [0.05, 0.1) is 24.5 Å². The lowest BCUT2D eigenvalue weighted by atomic mass is 10.1. The molecule has 0 saturated heterocycles. The van der Waals surface area contributed by atoms with Crippen LogP contribution < -0.4 is 10.2 Å². The molecule has 3 aromatic rings. The van der Waals surface area contributed by atoms with Crippen LogP contribution >= 0.6 is 0 Å². The number of nitrogens with zero attached hydrogens (tertiary/aromatic N) is 1. The monoisotopic (exact) mass is 378 g/mol. The molecule has 0 fully saturated rings. The van der Waals surface area contributed by atoms with Crippen LogP contribution in [0.15, 0.2) is 64.1 Å². The largest absolute Gasteiger partial charge is 0.496 e. The second kappa shape index (κ2) is 8.22. The van der Waals surface area contributed by atoms with Gasteiger partial charge in [0, 0.05) is 5.56 Å². The quantitative estimate of drug-likeness (QED) is 0.503. The number of aryl methyl sites for hydroxylation is 1. The van der Waals surface area contributed by atoms with Crippen LogP contribution in [-0.4, -0.2) is 30.3 Å². The molecule has 0 aliphatic heterocycles. The third-order valence-corrected chi connectivity index (χ3v) is 4.00. The molecule has 1 aromatic heterocycles.